The van der Waals surface area contributed by atoms with E-state index < -0.39 is 0 Å². The monoisotopic (exact) mass is 433 g/mol. The maximum atomic E-state index is 13.2. The van der Waals surface area contributed by atoms with Gasteiger partial charge in [-0.2, -0.15) is 0 Å². The molecule has 0 unspecified atom stereocenters. The van der Waals surface area contributed by atoms with Crippen LogP contribution in [0.25, 0.3) is 15.9 Å². The van der Waals surface area contributed by atoms with E-state index in [-0.39, 0.29) is 17.2 Å². The quantitative estimate of drug-likeness (QED) is 0.353. The van der Waals surface area contributed by atoms with E-state index in [4.69, 9.17) is 4.98 Å². The molecule has 0 N–H and O–H groups in total. The normalized spacial score (nSPS) is 13.0. The number of carbonyl (C=O) groups is 1. The zero-order valence-electron chi connectivity index (χ0n) is 16.4. The summed E-state index contributed by atoms with van der Waals surface area (Å²) in [4.78, 5) is 32.7. The lowest BCUT2D eigenvalue weighted by atomic mass is 10.2. The van der Waals surface area contributed by atoms with E-state index in [0.717, 1.165) is 23.4 Å². The Morgan fingerprint density at radius 1 is 1.17 bits per heavy atom. The first kappa shape index (κ1) is 19.1. The van der Waals surface area contributed by atoms with Gasteiger partial charge in [-0.1, -0.05) is 42.1 Å². The summed E-state index contributed by atoms with van der Waals surface area (Å²) >= 11 is 2.71. The van der Waals surface area contributed by atoms with Crippen LogP contribution in [0, 0.1) is 6.92 Å². The fraction of sp³-hybridized carbons (Fsp3) is 0.174. The Bertz CT molecular complexity index is 1330. The molecular weight excluding hydrogens is 414 g/mol. The topological polar surface area (TPSA) is 55.2 Å². The Labute approximate surface area is 182 Å². The van der Waals surface area contributed by atoms with Gasteiger partial charge in [0.05, 0.1) is 17.0 Å². The van der Waals surface area contributed by atoms with Crippen LogP contribution in [0.4, 0.5) is 5.69 Å². The molecule has 5 nitrogen and oxygen atoms in total. The van der Waals surface area contributed by atoms with Crippen LogP contribution in [0.15, 0.2) is 69.9 Å². The van der Waals surface area contributed by atoms with Crippen LogP contribution in [0.3, 0.4) is 0 Å². The standard InChI is InChI=1S/C23H19N3O2S2/c1-15-5-4-7-17(13-15)26-22(28)21-18(10-12-29-21)24-23(26)30-14-20(27)25-11-9-16-6-2-3-8-19(16)25/h2-8,10,12-13H,9,11,14H2,1H3. The molecule has 0 saturated carbocycles. The molecule has 2 aromatic carbocycles. The van der Waals surface area contributed by atoms with Crippen LogP contribution in [-0.4, -0.2) is 27.8 Å². The largest absolute Gasteiger partial charge is 0.311 e. The fourth-order valence-corrected chi connectivity index (χ4v) is 5.43. The highest BCUT2D eigenvalue weighted by Gasteiger charge is 2.25. The van der Waals surface area contributed by atoms with Gasteiger partial charge in [-0.05, 0) is 54.1 Å². The third-order valence-corrected chi connectivity index (χ3v) is 7.04. The lowest BCUT2D eigenvalue weighted by Crippen LogP contribution is -2.31. The van der Waals surface area contributed by atoms with Gasteiger partial charge in [0.15, 0.2) is 5.16 Å². The molecule has 30 heavy (non-hydrogen) atoms. The van der Waals surface area contributed by atoms with Crippen molar-refractivity contribution >= 4 is 44.9 Å². The number of aryl methyl sites for hydroxylation is 1. The summed E-state index contributed by atoms with van der Waals surface area (Å²) in [7, 11) is 0. The SMILES string of the molecule is Cc1cccc(-n2c(SCC(=O)N3CCc4ccccc43)nc3ccsc3c2=O)c1. The van der Waals surface area contributed by atoms with Crippen molar-refractivity contribution in [2.45, 2.75) is 18.5 Å². The van der Waals surface area contributed by atoms with E-state index >= 15 is 0 Å². The van der Waals surface area contributed by atoms with Crippen LogP contribution in [0.2, 0.25) is 0 Å². The number of aromatic nitrogens is 2. The zero-order chi connectivity index (χ0) is 20.7. The number of hydrogen-bond acceptors (Lipinski definition) is 5. The van der Waals surface area contributed by atoms with E-state index in [2.05, 4.69) is 6.07 Å². The highest BCUT2D eigenvalue weighted by atomic mass is 32.2. The Morgan fingerprint density at radius 3 is 2.90 bits per heavy atom. The number of anilines is 1. The van der Waals surface area contributed by atoms with Crippen molar-refractivity contribution < 1.29 is 4.79 Å². The molecule has 4 aromatic rings. The van der Waals surface area contributed by atoms with E-state index in [1.807, 2.05) is 65.7 Å². The number of nitrogens with zero attached hydrogens (tertiary/aromatic N) is 3. The van der Waals surface area contributed by atoms with Gasteiger partial charge in [-0.25, -0.2) is 4.98 Å². The fourth-order valence-electron chi connectivity index (χ4n) is 3.79. The molecule has 0 spiro atoms. The number of rotatable bonds is 4. The molecule has 0 fully saturated rings. The summed E-state index contributed by atoms with van der Waals surface area (Å²) in [6.45, 7) is 2.69. The van der Waals surface area contributed by atoms with Gasteiger partial charge in [-0.3, -0.25) is 14.2 Å². The molecule has 1 aliphatic rings. The molecule has 0 bridgehead atoms. The summed E-state index contributed by atoms with van der Waals surface area (Å²) in [5.41, 5.74) is 4.60. The summed E-state index contributed by atoms with van der Waals surface area (Å²) < 4.78 is 2.25. The van der Waals surface area contributed by atoms with E-state index in [1.165, 1.54) is 28.7 Å². The number of thiophene rings is 1. The number of carbonyl (C=O) groups excluding carboxylic acids is 1. The number of benzene rings is 2. The molecule has 7 heteroatoms. The third kappa shape index (κ3) is 3.34. The van der Waals surface area contributed by atoms with Crippen molar-refractivity contribution in [3.63, 3.8) is 0 Å². The third-order valence-electron chi connectivity index (χ3n) is 5.22. The Morgan fingerprint density at radius 2 is 2.03 bits per heavy atom. The molecule has 5 rings (SSSR count). The maximum Gasteiger partial charge on any atom is 0.276 e. The molecule has 0 atom stereocenters. The zero-order valence-corrected chi connectivity index (χ0v) is 18.0. The number of thioether (sulfide) groups is 1. The van der Waals surface area contributed by atoms with E-state index in [0.29, 0.717) is 21.9 Å². The second-order valence-electron chi connectivity index (χ2n) is 7.22. The Balaban J connectivity index is 1.49. The molecule has 0 saturated heterocycles. The minimum Gasteiger partial charge on any atom is -0.311 e. The Hall–Kier alpha value is -2.90. The predicted octanol–water partition coefficient (Wildman–Crippen LogP) is 4.44. The van der Waals surface area contributed by atoms with Gasteiger partial charge in [0.2, 0.25) is 5.91 Å². The molecular formula is C23H19N3O2S2. The van der Waals surface area contributed by atoms with Crippen LogP contribution < -0.4 is 10.5 Å². The average molecular weight is 434 g/mol. The minimum atomic E-state index is -0.0953. The van der Waals surface area contributed by atoms with Crippen molar-refractivity contribution in [1.29, 1.82) is 0 Å². The molecule has 1 amide bonds. The van der Waals surface area contributed by atoms with E-state index in [9.17, 15) is 9.59 Å². The van der Waals surface area contributed by atoms with Gasteiger partial charge < -0.3 is 4.90 Å². The lowest BCUT2D eigenvalue weighted by molar-refractivity contribution is -0.116. The predicted molar refractivity (Wildman–Crippen MR) is 123 cm³/mol. The van der Waals surface area contributed by atoms with Crippen molar-refractivity contribution in [2.75, 3.05) is 17.2 Å². The minimum absolute atomic E-state index is 0.0282. The van der Waals surface area contributed by atoms with Crippen molar-refractivity contribution in [3.8, 4) is 5.69 Å². The summed E-state index contributed by atoms with van der Waals surface area (Å²) in [5.74, 6) is 0.253. The van der Waals surface area contributed by atoms with Crippen molar-refractivity contribution in [2.24, 2.45) is 0 Å². The van der Waals surface area contributed by atoms with Crippen molar-refractivity contribution in [1.82, 2.24) is 9.55 Å². The first-order valence-corrected chi connectivity index (χ1v) is 11.6. The van der Waals surface area contributed by atoms with Crippen LogP contribution >= 0.6 is 23.1 Å². The first-order valence-electron chi connectivity index (χ1n) is 9.70. The number of hydrogen-bond donors (Lipinski definition) is 0. The van der Waals surface area contributed by atoms with Crippen LogP contribution in [0.1, 0.15) is 11.1 Å². The second kappa shape index (κ2) is 7.74. The van der Waals surface area contributed by atoms with Gasteiger partial charge in [-0.15, -0.1) is 11.3 Å². The number of fused-ring (bicyclic) bond motifs is 2. The highest BCUT2D eigenvalue weighted by Crippen LogP contribution is 2.29. The van der Waals surface area contributed by atoms with Gasteiger partial charge in [0.1, 0.15) is 4.70 Å². The van der Waals surface area contributed by atoms with E-state index in [1.54, 1.807) is 4.57 Å². The summed E-state index contributed by atoms with van der Waals surface area (Å²) in [5, 5.41) is 2.41. The maximum absolute atomic E-state index is 13.2. The molecule has 1 aliphatic heterocycles. The Kier molecular flexibility index (Phi) is 4.92. The highest BCUT2D eigenvalue weighted by molar-refractivity contribution is 7.99. The smallest absolute Gasteiger partial charge is 0.276 e. The lowest BCUT2D eigenvalue weighted by Gasteiger charge is -2.18. The number of amides is 1. The van der Waals surface area contributed by atoms with Gasteiger partial charge in [0.25, 0.3) is 5.56 Å². The molecule has 0 aliphatic carbocycles. The molecule has 3 heterocycles. The first-order chi connectivity index (χ1) is 14.6. The molecule has 2 aromatic heterocycles. The molecule has 150 valence electrons. The van der Waals surface area contributed by atoms with Crippen LogP contribution in [-0.2, 0) is 11.2 Å². The second-order valence-corrected chi connectivity index (χ2v) is 9.08. The van der Waals surface area contributed by atoms with Gasteiger partial charge >= 0.3 is 0 Å². The molecule has 0 radical (unpaired) electrons. The van der Waals surface area contributed by atoms with Crippen LogP contribution in [0.5, 0.6) is 0 Å². The van der Waals surface area contributed by atoms with Gasteiger partial charge in [0, 0.05) is 12.2 Å². The number of para-hydroxylation sites is 1. The average Bonchev–Trinajstić information content (AvgIpc) is 3.39. The van der Waals surface area contributed by atoms with Crippen molar-refractivity contribution in [3.05, 3.63) is 81.5 Å². The summed E-state index contributed by atoms with van der Waals surface area (Å²) in [6.07, 6.45) is 0.875. The summed E-state index contributed by atoms with van der Waals surface area (Å²) in [6, 6.07) is 17.7.